The van der Waals surface area contributed by atoms with Crippen LogP contribution >= 0.6 is 12.4 Å². The lowest BCUT2D eigenvalue weighted by Crippen LogP contribution is -2.54. The second-order valence-corrected chi connectivity index (χ2v) is 7.67. The molecule has 1 aliphatic rings. The third-order valence-electron chi connectivity index (χ3n) is 4.62. The van der Waals surface area contributed by atoms with Crippen LogP contribution in [0.4, 0.5) is 0 Å². The highest BCUT2D eigenvalue weighted by atomic mass is 35.5. The van der Waals surface area contributed by atoms with Gasteiger partial charge in [-0.3, -0.25) is 4.79 Å². The summed E-state index contributed by atoms with van der Waals surface area (Å²) in [6, 6.07) is 0.210. The molecule has 4 heteroatoms. The van der Waals surface area contributed by atoms with Crippen LogP contribution < -0.4 is 5.73 Å². The Bertz CT molecular complexity index is 310. The predicted octanol–water partition coefficient (Wildman–Crippen LogP) is 3.07. The molecule has 2 unspecified atom stereocenters. The highest BCUT2D eigenvalue weighted by Gasteiger charge is 2.36. The quantitative estimate of drug-likeness (QED) is 0.849. The molecule has 3 nitrogen and oxygen atoms in total. The number of likely N-dealkylation sites (tertiary alicyclic amines) is 1. The Balaban J connectivity index is 0.00000324. The van der Waals surface area contributed by atoms with Gasteiger partial charge < -0.3 is 10.6 Å². The summed E-state index contributed by atoms with van der Waals surface area (Å²) in [5.41, 5.74) is 6.34. The minimum atomic E-state index is 0. The number of halogens is 1. The van der Waals surface area contributed by atoms with Crippen molar-refractivity contribution in [2.45, 2.75) is 60.4 Å². The molecule has 1 aliphatic heterocycles. The number of rotatable bonds is 2. The summed E-state index contributed by atoms with van der Waals surface area (Å²) < 4.78 is 0. The molecule has 2 atom stereocenters. The van der Waals surface area contributed by atoms with Crippen LogP contribution in [-0.2, 0) is 4.79 Å². The third-order valence-corrected chi connectivity index (χ3v) is 4.62. The molecule has 19 heavy (non-hydrogen) atoms. The largest absolute Gasteiger partial charge is 0.342 e. The Morgan fingerprint density at radius 3 is 2.37 bits per heavy atom. The standard InChI is InChI=1S/C15H30N2O.ClH/c1-11(14(2,3)4)9-13(18)17-8-7-12(16)15(5,6)10-17;/h11-12H,7-10,16H2,1-6H3;1H. The summed E-state index contributed by atoms with van der Waals surface area (Å²) in [6.45, 7) is 14.7. The fourth-order valence-corrected chi connectivity index (χ4v) is 2.28. The average Bonchev–Trinajstić information content (AvgIpc) is 2.20. The molecule has 1 heterocycles. The Kier molecular flexibility index (Phi) is 6.35. The molecule has 0 aromatic heterocycles. The van der Waals surface area contributed by atoms with Gasteiger partial charge in [0, 0.05) is 25.6 Å². The van der Waals surface area contributed by atoms with Gasteiger partial charge in [0.15, 0.2) is 0 Å². The minimum Gasteiger partial charge on any atom is -0.342 e. The van der Waals surface area contributed by atoms with Gasteiger partial charge in [0.25, 0.3) is 0 Å². The smallest absolute Gasteiger partial charge is 0.222 e. The SMILES string of the molecule is CC(CC(=O)N1CCC(N)C(C)(C)C1)C(C)(C)C.Cl. The van der Waals surface area contributed by atoms with Gasteiger partial charge in [-0.1, -0.05) is 41.5 Å². The molecule has 1 saturated heterocycles. The molecule has 0 saturated carbocycles. The van der Waals surface area contributed by atoms with E-state index in [1.54, 1.807) is 0 Å². The molecule has 1 fully saturated rings. The summed E-state index contributed by atoms with van der Waals surface area (Å²) in [5, 5.41) is 0. The van der Waals surface area contributed by atoms with Crippen LogP contribution in [-0.4, -0.2) is 29.9 Å². The summed E-state index contributed by atoms with van der Waals surface area (Å²) in [5.74, 6) is 0.695. The molecular formula is C15H31ClN2O. The number of hydrogen-bond donors (Lipinski definition) is 1. The van der Waals surface area contributed by atoms with Crippen molar-refractivity contribution in [3.05, 3.63) is 0 Å². The maximum Gasteiger partial charge on any atom is 0.222 e. The van der Waals surface area contributed by atoms with E-state index >= 15 is 0 Å². The minimum absolute atomic E-state index is 0. The lowest BCUT2D eigenvalue weighted by molar-refractivity contribution is -0.136. The monoisotopic (exact) mass is 290 g/mol. The van der Waals surface area contributed by atoms with E-state index in [2.05, 4.69) is 41.5 Å². The Morgan fingerprint density at radius 1 is 1.42 bits per heavy atom. The van der Waals surface area contributed by atoms with Crippen LogP contribution in [0.1, 0.15) is 54.4 Å². The van der Waals surface area contributed by atoms with Crippen molar-refractivity contribution in [3.63, 3.8) is 0 Å². The summed E-state index contributed by atoms with van der Waals surface area (Å²) in [4.78, 5) is 14.3. The third kappa shape index (κ3) is 4.96. The zero-order valence-electron chi connectivity index (χ0n) is 13.3. The maximum atomic E-state index is 12.3. The van der Waals surface area contributed by atoms with Crippen LogP contribution in [0.3, 0.4) is 0 Å². The van der Waals surface area contributed by atoms with Crippen LogP contribution in [0.2, 0.25) is 0 Å². The number of amides is 1. The second kappa shape index (κ2) is 6.45. The summed E-state index contributed by atoms with van der Waals surface area (Å²) in [6.07, 6.45) is 1.57. The van der Waals surface area contributed by atoms with Crippen LogP contribution in [0.25, 0.3) is 0 Å². The molecule has 2 N–H and O–H groups in total. The first kappa shape index (κ1) is 18.7. The molecule has 0 spiro atoms. The van der Waals surface area contributed by atoms with E-state index in [4.69, 9.17) is 5.73 Å². The Hall–Kier alpha value is -0.280. The van der Waals surface area contributed by atoms with Crippen molar-refractivity contribution in [1.82, 2.24) is 4.90 Å². The van der Waals surface area contributed by atoms with E-state index in [1.807, 2.05) is 4.90 Å². The maximum absolute atomic E-state index is 12.3. The molecule has 0 aromatic rings. The van der Waals surface area contributed by atoms with Crippen molar-refractivity contribution in [1.29, 1.82) is 0 Å². The summed E-state index contributed by atoms with van der Waals surface area (Å²) >= 11 is 0. The first-order valence-electron chi connectivity index (χ1n) is 7.07. The van der Waals surface area contributed by atoms with Crippen LogP contribution in [0.15, 0.2) is 0 Å². The van der Waals surface area contributed by atoms with E-state index in [0.29, 0.717) is 12.3 Å². The van der Waals surface area contributed by atoms with Gasteiger partial charge in [-0.05, 0) is 23.2 Å². The highest BCUT2D eigenvalue weighted by molar-refractivity contribution is 5.85. The van der Waals surface area contributed by atoms with Gasteiger partial charge in [0.1, 0.15) is 0 Å². The van der Waals surface area contributed by atoms with Crippen molar-refractivity contribution in [2.75, 3.05) is 13.1 Å². The average molecular weight is 291 g/mol. The molecule has 0 aromatic carbocycles. The van der Waals surface area contributed by atoms with E-state index < -0.39 is 0 Å². The van der Waals surface area contributed by atoms with E-state index in [-0.39, 0.29) is 35.2 Å². The Morgan fingerprint density at radius 2 is 1.95 bits per heavy atom. The number of hydrogen-bond acceptors (Lipinski definition) is 2. The summed E-state index contributed by atoms with van der Waals surface area (Å²) in [7, 11) is 0. The fraction of sp³-hybridized carbons (Fsp3) is 0.933. The fourth-order valence-electron chi connectivity index (χ4n) is 2.28. The van der Waals surface area contributed by atoms with Gasteiger partial charge >= 0.3 is 0 Å². The zero-order chi connectivity index (χ0) is 14.1. The lowest BCUT2D eigenvalue weighted by Gasteiger charge is -2.43. The highest BCUT2D eigenvalue weighted by Crippen LogP contribution is 2.31. The van der Waals surface area contributed by atoms with Gasteiger partial charge in [-0.15, -0.1) is 12.4 Å². The Labute approximate surface area is 124 Å². The van der Waals surface area contributed by atoms with E-state index in [1.165, 1.54) is 0 Å². The number of nitrogens with zero attached hydrogens (tertiary/aromatic N) is 1. The van der Waals surface area contributed by atoms with Crippen LogP contribution in [0.5, 0.6) is 0 Å². The zero-order valence-corrected chi connectivity index (χ0v) is 14.1. The molecule has 1 amide bonds. The number of piperidine rings is 1. The van der Waals surface area contributed by atoms with E-state index in [0.717, 1.165) is 19.5 Å². The number of carbonyl (C=O) groups is 1. The number of nitrogens with two attached hydrogens (primary N) is 1. The van der Waals surface area contributed by atoms with Gasteiger partial charge in [-0.25, -0.2) is 0 Å². The van der Waals surface area contributed by atoms with Gasteiger partial charge in [0.05, 0.1) is 0 Å². The topological polar surface area (TPSA) is 46.3 Å². The second-order valence-electron chi connectivity index (χ2n) is 7.67. The predicted molar refractivity (Wildman–Crippen MR) is 83.4 cm³/mol. The molecule has 0 bridgehead atoms. The van der Waals surface area contributed by atoms with Crippen molar-refractivity contribution in [3.8, 4) is 0 Å². The molecular weight excluding hydrogens is 260 g/mol. The lowest BCUT2D eigenvalue weighted by atomic mass is 9.78. The van der Waals surface area contributed by atoms with Crippen molar-refractivity contribution in [2.24, 2.45) is 22.5 Å². The van der Waals surface area contributed by atoms with Crippen molar-refractivity contribution < 1.29 is 4.79 Å². The van der Waals surface area contributed by atoms with Crippen molar-refractivity contribution >= 4 is 18.3 Å². The first-order valence-corrected chi connectivity index (χ1v) is 7.07. The normalized spacial score (nSPS) is 24.6. The van der Waals surface area contributed by atoms with Gasteiger partial charge in [0.2, 0.25) is 5.91 Å². The molecule has 0 aliphatic carbocycles. The molecule has 0 radical (unpaired) electrons. The van der Waals surface area contributed by atoms with Crippen LogP contribution in [0, 0.1) is 16.7 Å². The number of carbonyl (C=O) groups excluding carboxylic acids is 1. The first-order chi connectivity index (χ1) is 8.04. The van der Waals surface area contributed by atoms with E-state index in [9.17, 15) is 4.79 Å². The molecule has 114 valence electrons. The molecule has 1 rings (SSSR count). The van der Waals surface area contributed by atoms with Gasteiger partial charge in [-0.2, -0.15) is 0 Å².